The van der Waals surface area contributed by atoms with Crippen LogP contribution < -0.4 is 15.0 Å². The molecule has 3 rings (SSSR count). The van der Waals surface area contributed by atoms with Crippen LogP contribution in [0.4, 0.5) is 5.82 Å². The molecule has 0 aliphatic carbocycles. The number of hydrogen-bond acceptors (Lipinski definition) is 6. The van der Waals surface area contributed by atoms with Gasteiger partial charge < -0.3 is 14.8 Å². The Kier molecular flexibility index (Phi) is 8.77. The van der Waals surface area contributed by atoms with E-state index in [1.165, 1.54) is 0 Å². The standard InChI is InChI=1S/C27H40N4O4S/c1-26(2,3)24-22-23(18-12-9-10-13-19(18)35-8)36-17-21(33)30(16-20(32)28-14-11-15-34-7)25(22)31(29-24)27(4,5)6/h9-10,12-13,23H,11,14-17H2,1-8H3,(H,28,32). The van der Waals surface area contributed by atoms with Gasteiger partial charge in [0.05, 0.1) is 29.3 Å². The minimum Gasteiger partial charge on any atom is -0.496 e. The molecule has 1 aliphatic heterocycles. The summed E-state index contributed by atoms with van der Waals surface area (Å²) in [5.74, 6) is 1.37. The fourth-order valence-electron chi connectivity index (χ4n) is 4.31. The maximum atomic E-state index is 13.6. The summed E-state index contributed by atoms with van der Waals surface area (Å²) in [6.45, 7) is 13.6. The second-order valence-corrected chi connectivity index (χ2v) is 12.1. The number of aromatic nitrogens is 2. The molecule has 1 unspecified atom stereocenters. The molecule has 0 spiro atoms. The Bertz CT molecular complexity index is 1080. The molecule has 36 heavy (non-hydrogen) atoms. The number of nitrogens with zero attached hydrogens (tertiary/aromatic N) is 3. The summed E-state index contributed by atoms with van der Waals surface area (Å²) in [4.78, 5) is 28.2. The average Bonchev–Trinajstić information content (AvgIpc) is 3.16. The van der Waals surface area contributed by atoms with Crippen LogP contribution in [0.15, 0.2) is 24.3 Å². The first-order valence-corrected chi connectivity index (χ1v) is 13.4. The number of thioether (sulfide) groups is 1. The predicted molar refractivity (Wildman–Crippen MR) is 145 cm³/mol. The van der Waals surface area contributed by atoms with Crippen molar-refractivity contribution in [2.75, 3.05) is 44.6 Å². The average molecular weight is 517 g/mol. The minimum absolute atomic E-state index is 0.0661. The van der Waals surface area contributed by atoms with Crippen molar-refractivity contribution in [3.8, 4) is 5.75 Å². The van der Waals surface area contributed by atoms with Gasteiger partial charge in [-0.15, -0.1) is 11.8 Å². The molecule has 2 heterocycles. The largest absolute Gasteiger partial charge is 0.496 e. The zero-order valence-electron chi connectivity index (χ0n) is 22.8. The normalized spacial score (nSPS) is 16.5. The molecule has 0 saturated carbocycles. The molecule has 198 valence electrons. The van der Waals surface area contributed by atoms with E-state index in [1.54, 1.807) is 30.9 Å². The Hall–Kier alpha value is -2.52. The number of para-hydroxylation sites is 1. The maximum absolute atomic E-state index is 13.6. The van der Waals surface area contributed by atoms with Crippen LogP contribution in [0.25, 0.3) is 0 Å². The third kappa shape index (κ3) is 6.06. The van der Waals surface area contributed by atoms with Crippen LogP contribution in [0.3, 0.4) is 0 Å². The lowest BCUT2D eigenvalue weighted by Crippen LogP contribution is -2.44. The highest BCUT2D eigenvalue weighted by molar-refractivity contribution is 8.00. The zero-order valence-corrected chi connectivity index (χ0v) is 23.6. The predicted octanol–water partition coefficient (Wildman–Crippen LogP) is 4.27. The molecule has 0 bridgehead atoms. The summed E-state index contributed by atoms with van der Waals surface area (Å²) in [5.41, 5.74) is 2.16. The van der Waals surface area contributed by atoms with Crippen LogP contribution in [-0.2, 0) is 25.3 Å². The summed E-state index contributed by atoms with van der Waals surface area (Å²) in [6, 6.07) is 7.92. The lowest BCUT2D eigenvalue weighted by Gasteiger charge is -2.29. The first-order chi connectivity index (χ1) is 16.9. The number of rotatable bonds is 8. The van der Waals surface area contributed by atoms with Crippen LogP contribution in [0.2, 0.25) is 0 Å². The summed E-state index contributed by atoms with van der Waals surface area (Å²) in [5, 5.41) is 7.85. The van der Waals surface area contributed by atoms with E-state index < -0.39 is 5.54 Å². The molecule has 0 saturated heterocycles. The van der Waals surface area contributed by atoms with Crippen molar-refractivity contribution in [1.29, 1.82) is 0 Å². The van der Waals surface area contributed by atoms with Gasteiger partial charge >= 0.3 is 0 Å². The van der Waals surface area contributed by atoms with Gasteiger partial charge in [0.25, 0.3) is 0 Å². The number of amides is 2. The molecule has 1 aliphatic rings. The topological polar surface area (TPSA) is 85.7 Å². The third-order valence-corrected chi connectivity index (χ3v) is 7.24. The molecular formula is C27H40N4O4S. The van der Waals surface area contributed by atoms with Crippen molar-refractivity contribution >= 4 is 29.4 Å². The van der Waals surface area contributed by atoms with Gasteiger partial charge in [0.1, 0.15) is 18.1 Å². The SMILES string of the molecule is COCCCNC(=O)CN1C(=O)CSC(c2ccccc2OC)c2c(C(C)(C)C)nn(C(C)(C)C)c21. The number of ether oxygens (including phenoxy) is 2. The summed E-state index contributed by atoms with van der Waals surface area (Å²) in [7, 11) is 3.30. The molecule has 2 aromatic rings. The lowest BCUT2D eigenvalue weighted by molar-refractivity contribution is -0.123. The van der Waals surface area contributed by atoms with Gasteiger partial charge in [-0.05, 0) is 33.3 Å². The second-order valence-electron chi connectivity index (χ2n) is 11.0. The van der Waals surface area contributed by atoms with Crippen molar-refractivity contribution in [2.45, 2.75) is 64.2 Å². The Morgan fingerprint density at radius 2 is 1.86 bits per heavy atom. The van der Waals surface area contributed by atoms with Crippen molar-refractivity contribution in [2.24, 2.45) is 0 Å². The number of benzene rings is 1. The van der Waals surface area contributed by atoms with Crippen LogP contribution in [-0.4, -0.2) is 61.3 Å². The molecule has 2 amide bonds. The van der Waals surface area contributed by atoms with Crippen molar-refractivity contribution < 1.29 is 19.1 Å². The minimum atomic E-state index is -0.415. The fourth-order valence-corrected chi connectivity index (χ4v) is 5.54. The Morgan fingerprint density at radius 1 is 1.17 bits per heavy atom. The highest BCUT2D eigenvalue weighted by Crippen LogP contribution is 2.50. The maximum Gasteiger partial charge on any atom is 0.240 e. The van der Waals surface area contributed by atoms with Gasteiger partial charge in [0.15, 0.2) is 0 Å². The highest BCUT2D eigenvalue weighted by Gasteiger charge is 2.42. The number of carbonyl (C=O) groups excluding carboxylic acids is 2. The van der Waals surface area contributed by atoms with Gasteiger partial charge in [-0.2, -0.15) is 5.10 Å². The van der Waals surface area contributed by atoms with Crippen LogP contribution in [0, 0.1) is 0 Å². The van der Waals surface area contributed by atoms with E-state index in [0.29, 0.717) is 25.4 Å². The zero-order chi connectivity index (χ0) is 26.7. The van der Waals surface area contributed by atoms with E-state index in [9.17, 15) is 9.59 Å². The Morgan fingerprint density at radius 3 is 2.47 bits per heavy atom. The van der Waals surface area contributed by atoms with Crippen molar-refractivity contribution in [3.05, 3.63) is 41.1 Å². The smallest absolute Gasteiger partial charge is 0.240 e. The number of carbonyl (C=O) groups is 2. The third-order valence-electron chi connectivity index (χ3n) is 6.01. The summed E-state index contributed by atoms with van der Waals surface area (Å²) in [6.07, 6.45) is 0.710. The molecule has 9 heteroatoms. The van der Waals surface area contributed by atoms with E-state index in [0.717, 1.165) is 22.6 Å². The molecule has 1 N–H and O–H groups in total. The second kappa shape index (κ2) is 11.3. The van der Waals surface area contributed by atoms with Crippen molar-refractivity contribution in [3.63, 3.8) is 0 Å². The van der Waals surface area contributed by atoms with E-state index in [1.807, 2.05) is 28.9 Å². The van der Waals surface area contributed by atoms with Gasteiger partial charge in [-0.3, -0.25) is 14.5 Å². The van der Waals surface area contributed by atoms with E-state index in [-0.39, 0.29) is 34.8 Å². The monoisotopic (exact) mass is 516 g/mol. The molecular weight excluding hydrogens is 476 g/mol. The van der Waals surface area contributed by atoms with Gasteiger partial charge in [0, 0.05) is 36.8 Å². The number of nitrogens with one attached hydrogen (secondary N) is 1. The van der Waals surface area contributed by atoms with Crippen LogP contribution >= 0.6 is 11.8 Å². The highest BCUT2D eigenvalue weighted by atomic mass is 32.2. The molecule has 1 aromatic heterocycles. The van der Waals surface area contributed by atoms with E-state index >= 15 is 0 Å². The van der Waals surface area contributed by atoms with E-state index in [4.69, 9.17) is 14.6 Å². The van der Waals surface area contributed by atoms with Crippen LogP contribution in [0.1, 0.15) is 70.0 Å². The lowest BCUT2D eigenvalue weighted by atomic mass is 9.87. The van der Waals surface area contributed by atoms with E-state index in [2.05, 4.69) is 46.9 Å². The van der Waals surface area contributed by atoms with Gasteiger partial charge in [-0.1, -0.05) is 39.0 Å². The Balaban J connectivity index is 2.21. The molecule has 0 fully saturated rings. The number of hydrogen-bond donors (Lipinski definition) is 1. The quantitative estimate of drug-likeness (QED) is 0.528. The molecule has 1 atom stereocenters. The molecule has 0 radical (unpaired) electrons. The summed E-state index contributed by atoms with van der Waals surface area (Å²) < 4.78 is 12.7. The van der Waals surface area contributed by atoms with Crippen LogP contribution in [0.5, 0.6) is 5.75 Å². The number of anilines is 1. The summed E-state index contributed by atoms with van der Waals surface area (Å²) >= 11 is 1.55. The number of methoxy groups -OCH3 is 2. The molecule has 1 aromatic carbocycles. The molecule has 8 nitrogen and oxygen atoms in total. The van der Waals surface area contributed by atoms with Gasteiger partial charge in [-0.25, -0.2) is 4.68 Å². The van der Waals surface area contributed by atoms with Gasteiger partial charge in [0.2, 0.25) is 11.8 Å². The Labute approximate surface area is 219 Å². The van der Waals surface area contributed by atoms with Crippen molar-refractivity contribution in [1.82, 2.24) is 15.1 Å². The fraction of sp³-hybridized carbons (Fsp3) is 0.593. The first-order valence-electron chi connectivity index (χ1n) is 12.3. The first kappa shape index (κ1) is 28.1. The number of fused-ring (bicyclic) bond motifs is 1.